The van der Waals surface area contributed by atoms with E-state index in [1.165, 1.54) is 7.11 Å². The van der Waals surface area contributed by atoms with Gasteiger partial charge in [-0.2, -0.15) is 5.10 Å². The number of Topliss-reactive ketones (excluding diaryl/α,β-unsaturated/α-hetero) is 1. The Morgan fingerprint density at radius 3 is 2.76 bits per heavy atom. The van der Waals surface area contributed by atoms with Gasteiger partial charge in [-0.3, -0.25) is 9.48 Å². The fourth-order valence-corrected chi connectivity index (χ4v) is 3.07. The summed E-state index contributed by atoms with van der Waals surface area (Å²) in [6.07, 6.45) is 1.06. The van der Waals surface area contributed by atoms with E-state index in [0.29, 0.717) is 16.3 Å². The number of aryl methyl sites for hydroxylation is 2. The van der Waals surface area contributed by atoms with E-state index < -0.39 is 0 Å². The number of hydrogen-bond donors (Lipinski definition) is 0. The number of halogens is 2. The number of rotatable bonds is 5. The molecule has 1 aromatic carbocycles. The highest BCUT2D eigenvalue weighted by atomic mass is 79.9. The molecule has 0 aliphatic carbocycles. The molecule has 0 N–H and O–H groups in total. The molecule has 0 unspecified atom stereocenters. The zero-order valence-corrected chi connectivity index (χ0v) is 14.5. The maximum atomic E-state index is 12.5. The van der Waals surface area contributed by atoms with Crippen molar-refractivity contribution in [3.05, 3.63) is 44.6 Å². The van der Waals surface area contributed by atoms with Crippen molar-refractivity contribution in [2.24, 2.45) is 7.05 Å². The summed E-state index contributed by atoms with van der Waals surface area (Å²) < 4.78 is 7.87. The molecule has 1 aromatic heterocycles. The predicted octanol–water partition coefficient (Wildman–Crippen LogP) is 3.83. The van der Waals surface area contributed by atoms with Crippen molar-refractivity contribution in [2.45, 2.75) is 19.8 Å². The van der Waals surface area contributed by atoms with Crippen molar-refractivity contribution in [1.82, 2.24) is 9.78 Å². The van der Waals surface area contributed by atoms with Crippen molar-refractivity contribution in [1.29, 1.82) is 0 Å². The first-order valence-corrected chi connectivity index (χ1v) is 7.72. The second-order valence-corrected chi connectivity index (χ2v) is 5.86. The van der Waals surface area contributed by atoms with Crippen molar-refractivity contribution in [3.63, 3.8) is 0 Å². The Morgan fingerprint density at radius 1 is 1.48 bits per heavy atom. The summed E-state index contributed by atoms with van der Waals surface area (Å²) in [6, 6.07) is 5.02. The topological polar surface area (TPSA) is 44.1 Å². The zero-order valence-electron chi connectivity index (χ0n) is 12.1. The zero-order chi connectivity index (χ0) is 15.6. The molecule has 0 spiro atoms. The molecule has 4 nitrogen and oxygen atoms in total. The molecule has 2 rings (SSSR count). The maximum absolute atomic E-state index is 12.5. The van der Waals surface area contributed by atoms with E-state index in [9.17, 15) is 4.79 Å². The first kappa shape index (κ1) is 16.0. The van der Waals surface area contributed by atoms with Crippen molar-refractivity contribution in [3.8, 4) is 5.75 Å². The minimum absolute atomic E-state index is 0.0325. The van der Waals surface area contributed by atoms with Crippen LogP contribution in [0.15, 0.2) is 22.7 Å². The van der Waals surface area contributed by atoms with Crippen LogP contribution < -0.4 is 4.74 Å². The highest BCUT2D eigenvalue weighted by molar-refractivity contribution is 9.10. The summed E-state index contributed by atoms with van der Waals surface area (Å²) in [6.45, 7) is 2.03. The molecule has 0 atom stereocenters. The molecule has 0 saturated carbocycles. The summed E-state index contributed by atoms with van der Waals surface area (Å²) in [5, 5.41) is 4.94. The second-order valence-electron chi connectivity index (χ2n) is 4.63. The summed E-state index contributed by atoms with van der Waals surface area (Å²) in [7, 11) is 3.36. The molecule has 2 aromatic rings. The monoisotopic (exact) mass is 370 g/mol. The molecule has 0 amide bonds. The van der Waals surface area contributed by atoms with Crippen molar-refractivity contribution >= 4 is 33.3 Å². The van der Waals surface area contributed by atoms with Gasteiger partial charge in [-0.25, -0.2) is 0 Å². The maximum Gasteiger partial charge on any atom is 0.172 e. The van der Waals surface area contributed by atoms with Crippen LogP contribution in [-0.2, 0) is 19.9 Å². The van der Waals surface area contributed by atoms with Gasteiger partial charge in [0.15, 0.2) is 5.78 Å². The summed E-state index contributed by atoms with van der Waals surface area (Å²) in [4.78, 5) is 12.5. The van der Waals surface area contributed by atoms with Crippen LogP contribution in [0.2, 0.25) is 5.02 Å². The van der Waals surface area contributed by atoms with Crippen molar-refractivity contribution in [2.75, 3.05) is 7.11 Å². The predicted molar refractivity (Wildman–Crippen MR) is 86.3 cm³/mol. The SMILES string of the molecule is CCc1nn(C)c(CC(=O)c2ccc(Cl)cc2OC)c1Br. The second kappa shape index (κ2) is 6.62. The fraction of sp³-hybridized carbons (Fsp3) is 0.333. The lowest BCUT2D eigenvalue weighted by Crippen LogP contribution is -2.09. The lowest BCUT2D eigenvalue weighted by atomic mass is 10.1. The average molecular weight is 372 g/mol. The molecule has 21 heavy (non-hydrogen) atoms. The normalized spacial score (nSPS) is 10.7. The number of carbonyl (C=O) groups excluding carboxylic acids is 1. The smallest absolute Gasteiger partial charge is 0.172 e. The first-order chi connectivity index (χ1) is 9.97. The van der Waals surface area contributed by atoms with Crippen LogP contribution in [0.4, 0.5) is 0 Å². The van der Waals surface area contributed by atoms with Crippen LogP contribution in [0.25, 0.3) is 0 Å². The van der Waals surface area contributed by atoms with E-state index in [0.717, 1.165) is 22.3 Å². The lowest BCUT2D eigenvalue weighted by molar-refractivity contribution is 0.0987. The molecule has 112 valence electrons. The molecular formula is C15H16BrClN2O2. The van der Waals surface area contributed by atoms with Crippen LogP contribution in [0, 0.1) is 0 Å². The standard InChI is InChI=1S/C15H16BrClN2O2/c1-4-11-15(16)12(19(2)18-11)8-13(20)10-6-5-9(17)7-14(10)21-3/h5-7H,4,8H2,1-3H3. The van der Waals surface area contributed by atoms with Crippen molar-refractivity contribution < 1.29 is 9.53 Å². The third-order valence-corrected chi connectivity index (χ3v) is 4.45. The van der Waals surface area contributed by atoms with E-state index in [2.05, 4.69) is 21.0 Å². The molecule has 0 bridgehead atoms. The van der Waals surface area contributed by atoms with Gasteiger partial charge in [-0.15, -0.1) is 0 Å². The Kier molecular flexibility index (Phi) is 5.06. The Morgan fingerprint density at radius 2 is 2.19 bits per heavy atom. The van der Waals surface area contributed by atoms with Gasteiger partial charge in [0.1, 0.15) is 5.75 Å². The highest BCUT2D eigenvalue weighted by Gasteiger charge is 2.19. The van der Waals surface area contributed by atoms with Gasteiger partial charge in [0.2, 0.25) is 0 Å². The molecule has 0 aliphatic rings. The van der Waals surface area contributed by atoms with Gasteiger partial charge in [0, 0.05) is 12.1 Å². The van der Waals surface area contributed by atoms with Gasteiger partial charge < -0.3 is 4.74 Å². The summed E-state index contributed by atoms with van der Waals surface area (Å²) >= 11 is 9.44. The number of methoxy groups -OCH3 is 1. The van der Waals surface area contributed by atoms with Crippen LogP contribution in [0.1, 0.15) is 28.7 Å². The quantitative estimate of drug-likeness (QED) is 0.750. The fourth-order valence-electron chi connectivity index (χ4n) is 2.15. The number of carbonyl (C=O) groups is 1. The minimum atomic E-state index is -0.0325. The molecule has 0 fully saturated rings. The lowest BCUT2D eigenvalue weighted by Gasteiger charge is -2.08. The minimum Gasteiger partial charge on any atom is -0.496 e. The molecule has 6 heteroatoms. The van der Waals surface area contributed by atoms with Gasteiger partial charge in [-0.05, 0) is 40.5 Å². The number of hydrogen-bond acceptors (Lipinski definition) is 3. The Balaban J connectivity index is 2.32. The van der Waals surface area contributed by atoms with Gasteiger partial charge in [-0.1, -0.05) is 18.5 Å². The van der Waals surface area contributed by atoms with Gasteiger partial charge in [0.05, 0.1) is 35.0 Å². The van der Waals surface area contributed by atoms with E-state index in [1.54, 1.807) is 22.9 Å². The number of nitrogens with zero attached hydrogens (tertiary/aromatic N) is 2. The van der Waals surface area contributed by atoms with Crippen LogP contribution in [-0.4, -0.2) is 22.7 Å². The van der Waals surface area contributed by atoms with Crippen LogP contribution >= 0.6 is 27.5 Å². The van der Waals surface area contributed by atoms with Crippen LogP contribution in [0.5, 0.6) is 5.75 Å². The number of aromatic nitrogens is 2. The number of ketones is 1. The largest absolute Gasteiger partial charge is 0.496 e. The van der Waals surface area contributed by atoms with Gasteiger partial charge in [0.25, 0.3) is 0 Å². The van der Waals surface area contributed by atoms with E-state index >= 15 is 0 Å². The van der Waals surface area contributed by atoms with E-state index in [-0.39, 0.29) is 12.2 Å². The molecule has 1 heterocycles. The Labute approximate surface area is 137 Å². The summed E-state index contributed by atoms with van der Waals surface area (Å²) in [5.41, 5.74) is 2.32. The number of ether oxygens (including phenoxy) is 1. The highest BCUT2D eigenvalue weighted by Crippen LogP contribution is 2.27. The Bertz CT molecular complexity index is 683. The third kappa shape index (κ3) is 3.30. The summed E-state index contributed by atoms with van der Waals surface area (Å²) in [5.74, 6) is 0.455. The molecule has 0 aliphatic heterocycles. The van der Waals surface area contributed by atoms with E-state index in [1.807, 2.05) is 14.0 Å². The molecular weight excluding hydrogens is 356 g/mol. The van der Waals surface area contributed by atoms with Gasteiger partial charge >= 0.3 is 0 Å². The molecule has 0 saturated heterocycles. The average Bonchev–Trinajstić information content (AvgIpc) is 2.74. The third-order valence-electron chi connectivity index (χ3n) is 3.29. The number of benzene rings is 1. The molecule has 0 radical (unpaired) electrons. The Hall–Kier alpha value is -1.33. The first-order valence-electron chi connectivity index (χ1n) is 6.54. The van der Waals surface area contributed by atoms with E-state index in [4.69, 9.17) is 16.3 Å². The van der Waals surface area contributed by atoms with Crippen LogP contribution in [0.3, 0.4) is 0 Å².